The fourth-order valence-corrected chi connectivity index (χ4v) is 5.17. The molecule has 0 amide bonds. The third-order valence-electron chi connectivity index (χ3n) is 5.44. The summed E-state index contributed by atoms with van der Waals surface area (Å²) in [5.74, 6) is 0. The number of rotatable bonds is 5. The van der Waals surface area contributed by atoms with Crippen molar-refractivity contribution in [2.24, 2.45) is 0 Å². The van der Waals surface area contributed by atoms with Gasteiger partial charge in [-0.2, -0.15) is 0 Å². The van der Waals surface area contributed by atoms with Crippen LogP contribution in [0.3, 0.4) is 0 Å². The standard InChI is InChI=1S/C21H29NO2S/c1-8-18-11-10-12-19(9-2)20(18)22-25(23,24)21-16(6)14(4)13(3)15(5)17(21)7/h10-12,22H,8-9H2,1-7H3. The smallest absolute Gasteiger partial charge is 0.262 e. The van der Waals surface area contributed by atoms with E-state index in [9.17, 15) is 8.42 Å². The van der Waals surface area contributed by atoms with Gasteiger partial charge in [-0.1, -0.05) is 32.0 Å². The van der Waals surface area contributed by atoms with Crippen LogP contribution in [0.5, 0.6) is 0 Å². The van der Waals surface area contributed by atoms with Crippen molar-refractivity contribution in [1.29, 1.82) is 0 Å². The SMILES string of the molecule is CCc1cccc(CC)c1NS(=O)(=O)c1c(C)c(C)c(C)c(C)c1C. The van der Waals surface area contributed by atoms with Crippen molar-refractivity contribution >= 4 is 15.7 Å². The molecule has 0 bridgehead atoms. The average molecular weight is 360 g/mol. The monoisotopic (exact) mass is 359 g/mol. The Morgan fingerprint density at radius 2 is 1.16 bits per heavy atom. The van der Waals surface area contributed by atoms with Gasteiger partial charge < -0.3 is 0 Å². The van der Waals surface area contributed by atoms with Crippen molar-refractivity contribution in [3.8, 4) is 0 Å². The normalized spacial score (nSPS) is 11.6. The van der Waals surface area contributed by atoms with Crippen LogP contribution < -0.4 is 4.72 Å². The summed E-state index contributed by atoms with van der Waals surface area (Å²) in [6.07, 6.45) is 1.57. The van der Waals surface area contributed by atoms with E-state index >= 15 is 0 Å². The number of nitrogens with one attached hydrogen (secondary N) is 1. The van der Waals surface area contributed by atoms with Crippen molar-refractivity contribution in [2.75, 3.05) is 4.72 Å². The molecule has 0 saturated heterocycles. The maximum atomic E-state index is 13.3. The lowest BCUT2D eigenvalue weighted by Crippen LogP contribution is -2.19. The second kappa shape index (κ2) is 7.20. The first kappa shape index (κ1) is 19.5. The van der Waals surface area contributed by atoms with E-state index in [2.05, 4.69) is 11.6 Å². The van der Waals surface area contributed by atoms with Gasteiger partial charge in [-0.25, -0.2) is 8.42 Å². The van der Waals surface area contributed by atoms with Crippen molar-refractivity contribution in [2.45, 2.75) is 66.2 Å². The van der Waals surface area contributed by atoms with Crippen LogP contribution in [0, 0.1) is 34.6 Å². The van der Waals surface area contributed by atoms with Crippen LogP contribution in [0.15, 0.2) is 23.1 Å². The minimum Gasteiger partial charge on any atom is -0.279 e. The Balaban J connectivity index is 2.68. The number of aryl methyl sites for hydroxylation is 2. The van der Waals surface area contributed by atoms with E-state index in [0.717, 1.165) is 57.5 Å². The van der Waals surface area contributed by atoms with Gasteiger partial charge >= 0.3 is 0 Å². The highest BCUT2D eigenvalue weighted by Gasteiger charge is 2.25. The molecule has 0 heterocycles. The summed E-state index contributed by atoms with van der Waals surface area (Å²) in [7, 11) is -3.65. The molecule has 0 unspecified atom stereocenters. The first-order valence-electron chi connectivity index (χ1n) is 8.86. The number of sulfonamides is 1. The average Bonchev–Trinajstić information content (AvgIpc) is 2.58. The maximum absolute atomic E-state index is 13.3. The molecule has 2 aromatic carbocycles. The molecule has 0 radical (unpaired) electrons. The van der Waals surface area contributed by atoms with Crippen LogP contribution in [0.25, 0.3) is 0 Å². The predicted octanol–water partition coefficient (Wildman–Crippen LogP) is 5.15. The topological polar surface area (TPSA) is 46.2 Å². The Kier molecular flexibility index (Phi) is 5.62. The highest BCUT2D eigenvalue weighted by atomic mass is 32.2. The quantitative estimate of drug-likeness (QED) is 0.802. The number of para-hydroxylation sites is 1. The van der Waals surface area contributed by atoms with Crippen LogP contribution >= 0.6 is 0 Å². The fraction of sp³-hybridized carbons (Fsp3) is 0.429. The lowest BCUT2D eigenvalue weighted by molar-refractivity contribution is 0.599. The second-order valence-corrected chi connectivity index (χ2v) is 8.34. The molecule has 0 spiro atoms. The van der Waals surface area contributed by atoms with Crippen LogP contribution in [0.2, 0.25) is 0 Å². The third-order valence-corrected chi connectivity index (χ3v) is 7.06. The highest BCUT2D eigenvalue weighted by Crippen LogP contribution is 2.32. The molecule has 2 aromatic rings. The Morgan fingerprint density at radius 3 is 1.56 bits per heavy atom. The summed E-state index contributed by atoms with van der Waals surface area (Å²) in [5, 5.41) is 0. The molecular weight excluding hydrogens is 330 g/mol. The molecule has 0 fully saturated rings. The lowest BCUT2D eigenvalue weighted by atomic mass is 9.95. The number of anilines is 1. The summed E-state index contributed by atoms with van der Waals surface area (Å²) in [6, 6.07) is 5.97. The second-order valence-electron chi connectivity index (χ2n) is 6.72. The summed E-state index contributed by atoms with van der Waals surface area (Å²) in [5.41, 5.74) is 7.71. The van der Waals surface area contributed by atoms with Crippen molar-refractivity contribution < 1.29 is 8.42 Å². The predicted molar refractivity (Wildman–Crippen MR) is 106 cm³/mol. The van der Waals surface area contributed by atoms with E-state index in [0.29, 0.717) is 4.90 Å². The van der Waals surface area contributed by atoms with Gasteiger partial charge in [0.05, 0.1) is 10.6 Å². The van der Waals surface area contributed by atoms with Gasteiger partial charge in [-0.3, -0.25) is 4.72 Å². The van der Waals surface area contributed by atoms with Gasteiger partial charge in [-0.05, 0) is 86.4 Å². The Hall–Kier alpha value is -1.81. The highest BCUT2D eigenvalue weighted by molar-refractivity contribution is 7.92. The molecular formula is C21H29NO2S. The lowest BCUT2D eigenvalue weighted by Gasteiger charge is -2.21. The van der Waals surface area contributed by atoms with Crippen LogP contribution in [0.4, 0.5) is 5.69 Å². The van der Waals surface area contributed by atoms with Crippen LogP contribution in [-0.4, -0.2) is 8.42 Å². The molecule has 3 nitrogen and oxygen atoms in total. The molecule has 0 saturated carbocycles. The van der Waals surface area contributed by atoms with E-state index in [1.165, 1.54) is 0 Å². The number of hydrogen-bond donors (Lipinski definition) is 1. The molecule has 0 aromatic heterocycles. The van der Waals surface area contributed by atoms with Gasteiger partial charge in [0, 0.05) is 0 Å². The molecule has 0 aliphatic heterocycles. The molecule has 0 aliphatic carbocycles. The van der Waals surface area contributed by atoms with Gasteiger partial charge in [0.15, 0.2) is 0 Å². The van der Waals surface area contributed by atoms with Crippen molar-refractivity contribution in [1.82, 2.24) is 0 Å². The van der Waals surface area contributed by atoms with E-state index in [-0.39, 0.29) is 0 Å². The van der Waals surface area contributed by atoms with E-state index in [4.69, 9.17) is 0 Å². The van der Waals surface area contributed by atoms with E-state index in [1.54, 1.807) is 0 Å². The molecule has 4 heteroatoms. The van der Waals surface area contributed by atoms with Gasteiger partial charge in [0.1, 0.15) is 0 Å². The van der Waals surface area contributed by atoms with Crippen LogP contribution in [0.1, 0.15) is 52.8 Å². The molecule has 0 atom stereocenters. The van der Waals surface area contributed by atoms with Crippen molar-refractivity contribution in [3.63, 3.8) is 0 Å². The number of hydrogen-bond acceptors (Lipinski definition) is 2. The Labute approximate surface area is 152 Å². The molecule has 0 aliphatic rings. The summed E-state index contributed by atoms with van der Waals surface area (Å²) >= 11 is 0. The zero-order valence-electron chi connectivity index (χ0n) is 16.4. The molecule has 136 valence electrons. The minimum absolute atomic E-state index is 0.418. The summed E-state index contributed by atoms with van der Waals surface area (Å²) in [4.78, 5) is 0.418. The fourth-order valence-electron chi connectivity index (χ4n) is 3.43. The van der Waals surface area contributed by atoms with Gasteiger partial charge in [-0.15, -0.1) is 0 Å². The first-order chi connectivity index (χ1) is 11.7. The van der Waals surface area contributed by atoms with E-state index in [1.807, 2.05) is 59.7 Å². The maximum Gasteiger partial charge on any atom is 0.262 e. The zero-order valence-corrected chi connectivity index (χ0v) is 17.2. The third kappa shape index (κ3) is 3.45. The summed E-state index contributed by atoms with van der Waals surface area (Å²) < 4.78 is 29.5. The summed E-state index contributed by atoms with van der Waals surface area (Å²) in [6.45, 7) is 13.9. The molecule has 2 rings (SSSR count). The van der Waals surface area contributed by atoms with Gasteiger partial charge in [0.2, 0.25) is 0 Å². The molecule has 25 heavy (non-hydrogen) atoms. The molecule has 1 N–H and O–H groups in total. The zero-order chi connectivity index (χ0) is 18.9. The van der Waals surface area contributed by atoms with E-state index < -0.39 is 10.0 Å². The Bertz CT molecular complexity index is 861. The Morgan fingerprint density at radius 1 is 0.760 bits per heavy atom. The van der Waals surface area contributed by atoms with Gasteiger partial charge in [0.25, 0.3) is 10.0 Å². The number of benzene rings is 2. The minimum atomic E-state index is -3.65. The van der Waals surface area contributed by atoms with Crippen LogP contribution in [-0.2, 0) is 22.9 Å². The largest absolute Gasteiger partial charge is 0.279 e. The van der Waals surface area contributed by atoms with Crippen molar-refractivity contribution in [3.05, 3.63) is 57.1 Å². The first-order valence-corrected chi connectivity index (χ1v) is 10.3.